The second kappa shape index (κ2) is 11.0. The predicted molar refractivity (Wildman–Crippen MR) is 126 cm³/mol. The maximum atomic E-state index is 14.6. The third-order valence-corrected chi connectivity index (χ3v) is 6.42. The van der Waals surface area contributed by atoms with E-state index in [1.807, 2.05) is 0 Å². The van der Waals surface area contributed by atoms with Gasteiger partial charge in [0.2, 0.25) is 5.75 Å². The van der Waals surface area contributed by atoms with E-state index >= 15 is 0 Å². The third-order valence-electron chi connectivity index (χ3n) is 4.87. The van der Waals surface area contributed by atoms with Gasteiger partial charge in [-0.1, -0.05) is 46.4 Å². The van der Waals surface area contributed by atoms with Crippen LogP contribution in [0, 0.1) is 21.7 Å². The van der Waals surface area contributed by atoms with E-state index in [4.69, 9.17) is 55.9 Å². The van der Waals surface area contributed by atoms with Gasteiger partial charge in [0, 0.05) is 16.1 Å². The van der Waals surface area contributed by atoms with Gasteiger partial charge in [0.15, 0.2) is 0 Å². The highest BCUT2D eigenvalue weighted by atomic mass is 35.5. The first-order chi connectivity index (χ1) is 16.0. The number of halogens is 6. The van der Waals surface area contributed by atoms with Crippen molar-refractivity contribution in [2.45, 2.75) is 32.7 Å². The Bertz CT molecular complexity index is 1250. The van der Waals surface area contributed by atoms with Crippen molar-refractivity contribution >= 4 is 52.2 Å². The lowest BCUT2D eigenvalue weighted by Gasteiger charge is -2.21. The van der Waals surface area contributed by atoms with Crippen molar-refractivity contribution in [3.8, 4) is 5.75 Å². The van der Waals surface area contributed by atoms with Crippen LogP contribution in [0.2, 0.25) is 20.1 Å². The summed E-state index contributed by atoms with van der Waals surface area (Å²) in [7, 11) is 0. The molecule has 2 atom stereocenters. The summed E-state index contributed by atoms with van der Waals surface area (Å²) in [6.07, 6.45) is -0.506. The van der Waals surface area contributed by atoms with Gasteiger partial charge < -0.3 is 19.6 Å². The van der Waals surface area contributed by atoms with Crippen molar-refractivity contribution in [2.24, 2.45) is 0 Å². The van der Waals surface area contributed by atoms with Crippen LogP contribution in [0.5, 0.6) is 5.75 Å². The lowest BCUT2D eigenvalue weighted by Crippen LogP contribution is -2.10. The highest BCUT2D eigenvalue weighted by molar-refractivity contribution is 6.37. The van der Waals surface area contributed by atoms with Crippen LogP contribution in [0.3, 0.4) is 0 Å². The molecule has 34 heavy (non-hydrogen) atoms. The molecular weight excluding hydrogens is 536 g/mol. The number of nitro groups is 1. The Morgan fingerprint density at radius 3 is 2.35 bits per heavy atom. The smallest absolute Gasteiger partial charge is 0.406 e. The van der Waals surface area contributed by atoms with Gasteiger partial charge in [-0.15, -0.1) is 0 Å². The minimum atomic E-state index is -0.984. The van der Waals surface area contributed by atoms with E-state index in [9.17, 15) is 18.9 Å². The molecule has 2 unspecified atom stereocenters. The van der Waals surface area contributed by atoms with Crippen molar-refractivity contribution in [3.63, 3.8) is 0 Å². The summed E-state index contributed by atoms with van der Waals surface area (Å²) < 4.78 is 39.9. The van der Waals surface area contributed by atoms with Crippen molar-refractivity contribution in [1.82, 2.24) is 4.98 Å². The Morgan fingerprint density at radius 2 is 1.68 bits per heavy atom. The summed E-state index contributed by atoms with van der Waals surface area (Å²) in [4.78, 5) is 14.2. The maximum absolute atomic E-state index is 14.6. The Hall–Kier alpha value is -2.23. The fourth-order valence-corrected chi connectivity index (χ4v) is 4.60. The normalized spacial score (nSPS) is 12.9. The van der Waals surface area contributed by atoms with Crippen LogP contribution < -0.4 is 4.74 Å². The Balaban J connectivity index is 1.89. The van der Waals surface area contributed by atoms with Crippen LogP contribution in [-0.4, -0.2) is 9.91 Å². The van der Waals surface area contributed by atoms with Crippen LogP contribution in [0.1, 0.15) is 42.7 Å². The van der Waals surface area contributed by atoms with E-state index in [2.05, 4.69) is 4.98 Å². The lowest BCUT2D eigenvalue weighted by molar-refractivity contribution is -0.390. The first kappa shape index (κ1) is 26.4. The van der Waals surface area contributed by atoms with Crippen LogP contribution >= 0.6 is 46.4 Å². The number of ether oxygens (including phenoxy) is 2. The molecule has 1 heterocycles. The average molecular weight is 552 g/mol. The Morgan fingerprint density at radius 1 is 1.00 bits per heavy atom. The molecule has 0 saturated carbocycles. The number of pyridine rings is 1. The summed E-state index contributed by atoms with van der Waals surface area (Å²) in [5.74, 6) is -2.12. The van der Waals surface area contributed by atoms with E-state index in [0.29, 0.717) is 0 Å². The number of benzene rings is 2. The first-order valence-corrected chi connectivity index (χ1v) is 11.2. The second-order valence-corrected chi connectivity index (χ2v) is 8.65. The van der Waals surface area contributed by atoms with Gasteiger partial charge in [-0.3, -0.25) is 0 Å². The number of rotatable bonds is 8. The van der Waals surface area contributed by atoms with Gasteiger partial charge in [0.25, 0.3) is 0 Å². The standard InChI is InChI=1S/C22H16Cl4F2N2O4/c1-10(17-13(23)5-6-14(27)20(17)25)33-9-12-8-15(28)21(26)18(19(12)24)11(2)34-16-4-3-7-29-22(16)30(31)32/h3-8,10-11H,9H2,1-2H3. The molecule has 0 bridgehead atoms. The van der Waals surface area contributed by atoms with Gasteiger partial charge in [-0.25, -0.2) is 8.78 Å². The van der Waals surface area contributed by atoms with E-state index in [1.165, 1.54) is 31.3 Å². The van der Waals surface area contributed by atoms with Gasteiger partial charge in [-0.2, -0.15) is 0 Å². The quantitative estimate of drug-likeness (QED) is 0.160. The zero-order valence-electron chi connectivity index (χ0n) is 17.6. The van der Waals surface area contributed by atoms with Crippen molar-refractivity contribution in [2.75, 3.05) is 0 Å². The molecule has 3 rings (SSSR count). The van der Waals surface area contributed by atoms with E-state index in [-0.39, 0.29) is 49.1 Å². The maximum Gasteiger partial charge on any atom is 0.406 e. The predicted octanol–water partition coefficient (Wildman–Crippen LogP) is 8.30. The number of hydrogen-bond donors (Lipinski definition) is 0. The zero-order chi connectivity index (χ0) is 25.2. The topological polar surface area (TPSA) is 74.5 Å². The van der Waals surface area contributed by atoms with Gasteiger partial charge in [0.05, 0.1) is 27.8 Å². The van der Waals surface area contributed by atoms with Crippen LogP contribution in [-0.2, 0) is 11.3 Å². The molecule has 0 aliphatic heterocycles. The fraction of sp³-hybridized carbons (Fsp3) is 0.227. The summed E-state index contributed by atoms with van der Waals surface area (Å²) in [5.41, 5.74) is 0.509. The zero-order valence-corrected chi connectivity index (χ0v) is 20.6. The number of hydrogen-bond acceptors (Lipinski definition) is 5. The second-order valence-electron chi connectivity index (χ2n) is 7.11. The lowest BCUT2D eigenvalue weighted by atomic mass is 10.1. The third kappa shape index (κ3) is 5.53. The number of aromatic nitrogens is 1. The highest BCUT2D eigenvalue weighted by Gasteiger charge is 2.26. The average Bonchev–Trinajstić information content (AvgIpc) is 2.78. The van der Waals surface area contributed by atoms with E-state index < -0.39 is 34.6 Å². The van der Waals surface area contributed by atoms with Crippen molar-refractivity contribution < 1.29 is 23.2 Å². The Labute approximate surface area is 213 Å². The molecule has 0 spiro atoms. The van der Waals surface area contributed by atoms with E-state index in [1.54, 1.807) is 6.92 Å². The molecule has 0 aliphatic carbocycles. The van der Waals surface area contributed by atoms with Crippen LogP contribution in [0.25, 0.3) is 0 Å². The van der Waals surface area contributed by atoms with Gasteiger partial charge in [0.1, 0.15) is 23.9 Å². The summed E-state index contributed by atoms with van der Waals surface area (Å²) in [6.45, 7) is 2.90. The first-order valence-electron chi connectivity index (χ1n) is 9.70. The summed E-state index contributed by atoms with van der Waals surface area (Å²) >= 11 is 24.8. The SMILES string of the molecule is CC(OCc1cc(F)c(Cl)c(C(C)Oc2cccnc2[N+](=O)[O-])c1Cl)c1c(Cl)ccc(F)c1Cl. The van der Waals surface area contributed by atoms with Gasteiger partial charge in [-0.05, 0) is 59.7 Å². The largest absolute Gasteiger partial charge is 0.478 e. The molecule has 12 heteroatoms. The number of nitrogens with zero attached hydrogens (tertiary/aromatic N) is 2. The van der Waals surface area contributed by atoms with Gasteiger partial charge >= 0.3 is 5.82 Å². The Kier molecular flexibility index (Phi) is 8.54. The minimum Gasteiger partial charge on any atom is -0.478 e. The molecule has 180 valence electrons. The summed E-state index contributed by atoms with van der Waals surface area (Å²) in [5, 5.41) is 11.0. The molecule has 0 aliphatic rings. The van der Waals surface area contributed by atoms with Crippen molar-refractivity contribution in [1.29, 1.82) is 0 Å². The van der Waals surface area contributed by atoms with Crippen molar-refractivity contribution in [3.05, 3.63) is 95.1 Å². The highest BCUT2D eigenvalue weighted by Crippen LogP contribution is 2.40. The molecule has 3 aromatic rings. The summed E-state index contributed by atoms with van der Waals surface area (Å²) in [6, 6.07) is 6.37. The van der Waals surface area contributed by atoms with E-state index in [0.717, 1.165) is 12.1 Å². The minimum absolute atomic E-state index is 0.0362. The molecule has 1 aromatic heterocycles. The van der Waals surface area contributed by atoms with Crippen LogP contribution in [0.4, 0.5) is 14.6 Å². The fourth-order valence-electron chi connectivity index (χ4n) is 3.21. The molecule has 6 nitrogen and oxygen atoms in total. The molecule has 0 radical (unpaired) electrons. The molecule has 0 fully saturated rings. The molecular formula is C22H16Cl4F2N2O4. The molecule has 0 amide bonds. The van der Waals surface area contributed by atoms with Crippen LogP contribution in [0.15, 0.2) is 36.5 Å². The molecule has 0 N–H and O–H groups in total. The molecule has 0 saturated heterocycles. The molecule has 2 aromatic carbocycles. The monoisotopic (exact) mass is 550 g/mol.